The van der Waals surface area contributed by atoms with E-state index in [2.05, 4.69) is 21.2 Å². The van der Waals surface area contributed by atoms with Gasteiger partial charge in [0.1, 0.15) is 6.04 Å². The number of nitrogens with zero attached hydrogens (tertiary/aromatic N) is 1. The lowest BCUT2D eigenvalue weighted by Gasteiger charge is -2.22. The summed E-state index contributed by atoms with van der Waals surface area (Å²) in [4.78, 5) is 24.7. The number of carboxylic acids is 1. The van der Waals surface area contributed by atoms with Crippen LogP contribution in [0, 0.1) is 13.8 Å². The van der Waals surface area contributed by atoms with E-state index in [0.717, 1.165) is 21.3 Å². The highest BCUT2D eigenvalue weighted by molar-refractivity contribution is 9.10. The lowest BCUT2D eigenvalue weighted by atomic mass is 10.1. The van der Waals surface area contributed by atoms with Crippen LogP contribution >= 0.6 is 27.7 Å². The van der Waals surface area contributed by atoms with E-state index in [9.17, 15) is 9.59 Å². The van der Waals surface area contributed by atoms with E-state index in [4.69, 9.17) is 5.11 Å². The number of thioether (sulfide) groups is 1. The first-order valence-electron chi connectivity index (χ1n) is 6.05. The second-order valence-electron chi connectivity index (χ2n) is 4.67. The van der Waals surface area contributed by atoms with Crippen LogP contribution in [0.15, 0.2) is 16.6 Å². The summed E-state index contributed by atoms with van der Waals surface area (Å²) < 4.78 is 0.950. The first-order valence-corrected chi connectivity index (χ1v) is 8.00. The number of hydrogen-bond donors (Lipinski definition) is 2. The Labute approximate surface area is 129 Å². The minimum Gasteiger partial charge on any atom is -0.480 e. The van der Waals surface area contributed by atoms with Gasteiger partial charge in [-0.05, 0) is 37.1 Å². The van der Waals surface area contributed by atoms with Gasteiger partial charge >= 0.3 is 12.0 Å². The van der Waals surface area contributed by atoms with E-state index in [1.165, 1.54) is 16.7 Å². The second-order valence-corrected chi connectivity index (χ2v) is 6.58. The number of halogens is 1. The van der Waals surface area contributed by atoms with Gasteiger partial charge in [-0.25, -0.2) is 9.59 Å². The van der Waals surface area contributed by atoms with Gasteiger partial charge in [0.05, 0.1) is 5.88 Å². The minimum absolute atomic E-state index is 0.365. The molecule has 2 rings (SSSR count). The maximum absolute atomic E-state index is 12.2. The maximum atomic E-state index is 12.2. The SMILES string of the molecule is Cc1cc(Br)cc(C)c1NC(=O)N1CSCC1C(=O)O. The predicted octanol–water partition coefficient (Wildman–Crippen LogP) is 3.06. The third-order valence-corrected chi connectivity index (χ3v) is 4.63. The van der Waals surface area contributed by atoms with Gasteiger partial charge in [-0.1, -0.05) is 15.9 Å². The zero-order chi connectivity index (χ0) is 14.9. The average Bonchev–Trinajstić information content (AvgIpc) is 2.82. The van der Waals surface area contributed by atoms with E-state index in [0.29, 0.717) is 11.6 Å². The van der Waals surface area contributed by atoms with E-state index >= 15 is 0 Å². The highest BCUT2D eigenvalue weighted by atomic mass is 79.9. The number of hydrogen-bond acceptors (Lipinski definition) is 3. The molecular formula is C13H15BrN2O3S. The molecule has 1 aromatic rings. The monoisotopic (exact) mass is 358 g/mol. The van der Waals surface area contributed by atoms with Gasteiger partial charge in [0.2, 0.25) is 0 Å². The van der Waals surface area contributed by atoms with Crippen LogP contribution in [-0.2, 0) is 4.79 Å². The van der Waals surface area contributed by atoms with Crippen LogP contribution in [0.2, 0.25) is 0 Å². The van der Waals surface area contributed by atoms with Gasteiger partial charge in [0.25, 0.3) is 0 Å². The number of amides is 2. The van der Waals surface area contributed by atoms with Crippen molar-refractivity contribution in [3.05, 3.63) is 27.7 Å². The molecule has 0 saturated carbocycles. The molecule has 0 bridgehead atoms. The number of urea groups is 1. The number of anilines is 1. The van der Waals surface area contributed by atoms with Gasteiger partial charge in [-0.3, -0.25) is 0 Å². The number of carboxylic acid groups (broad SMARTS) is 1. The first kappa shape index (κ1) is 15.2. The number of carbonyl (C=O) groups excluding carboxylic acids is 1. The quantitative estimate of drug-likeness (QED) is 0.852. The van der Waals surface area contributed by atoms with E-state index in [1.54, 1.807) is 0 Å². The Bertz CT molecular complexity index is 542. The highest BCUT2D eigenvalue weighted by Gasteiger charge is 2.34. The summed E-state index contributed by atoms with van der Waals surface area (Å²) in [6.07, 6.45) is 0. The Hall–Kier alpha value is -1.21. The zero-order valence-electron chi connectivity index (χ0n) is 11.1. The average molecular weight is 359 g/mol. The molecule has 1 aliphatic heterocycles. The number of aryl methyl sites for hydroxylation is 2. The van der Waals surface area contributed by atoms with Crippen molar-refractivity contribution in [1.29, 1.82) is 0 Å². The van der Waals surface area contributed by atoms with E-state index < -0.39 is 12.0 Å². The lowest BCUT2D eigenvalue weighted by molar-refractivity contribution is -0.140. The minimum atomic E-state index is -0.964. The molecule has 0 aliphatic carbocycles. The molecule has 0 spiro atoms. The van der Waals surface area contributed by atoms with Crippen LogP contribution in [0.5, 0.6) is 0 Å². The molecule has 1 saturated heterocycles. The van der Waals surface area contributed by atoms with E-state index in [-0.39, 0.29) is 6.03 Å². The van der Waals surface area contributed by atoms with Crippen molar-refractivity contribution in [2.75, 3.05) is 16.9 Å². The molecule has 108 valence electrons. The second kappa shape index (κ2) is 6.05. The summed E-state index contributed by atoms with van der Waals surface area (Å²) in [7, 11) is 0. The fourth-order valence-electron chi connectivity index (χ4n) is 2.13. The summed E-state index contributed by atoms with van der Waals surface area (Å²) in [5.41, 5.74) is 2.60. The Morgan fingerprint density at radius 1 is 1.40 bits per heavy atom. The maximum Gasteiger partial charge on any atom is 0.327 e. The fraction of sp³-hybridized carbons (Fsp3) is 0.385. The van der Waals surface area contributed by atoms with Crippen molar-refractivity contribution < 1.29 is 14.7 Å². The third kappa shape index (κ3) is 3.09. The molecule has 2 amide bonds. The molecule has 1 aliphatic rings. The number of benzene rings is 1. The van der Waals surface area contributed by atoms with Crippen molar-refractivity contribution in [2.24, 2.45) is 0 Å². The van der Waals surface area contributed by atoms with E-state index in [1.807, 2.05) is 26.0 Å². The van der Waals surface area contributed by atoms with Crippen molar-refractivity contribution in [2.45, 2.75) is 19.9 Å². The summed E-state index contributed by atoms with van der Waals surface area (Å²) in [6, 6.07) is 2.71. The van der Waals surface area contributed by atoms with Gasteiger partial charge in [0.15, 0.2) is 0 Å². The van der Waals surface area contributed by atoms with Crippen molar-refractivity contribution in [3.63, 3.8) is 0 Å². The molecule has 20 heavy (non-hydrogen) atoms. The molecule has 7 heteroatoms. The summed E-state index contributed by atoms with van der Waals surface area (Å²) in [5, 5.41) is 11.9. The highest BCUT2D eigenvalue weighted by Crippen LogP contribution is 2.27. The summed E-state index contributed by atoms with van der Waals surface area (Å²) in [5.74, 6) is -0.132. The van der Waals surface area contributed by atoms with Crippen LogP contribution in [0.4, 0.5) is 10.5 Å². The van der Waals surface area contributed by atoms with Crippen molar-refractivity contribution in [3.8, 4) is 0 Å². The predicted molar refractivity (Wildman–Crippen MR) is 83.2 cm³/mol. The molecule has 1 fully saturated rings. The number of carbonyl (C=O) groups is 2. The summed E-state index contributed by atoms with van der Waals surface area (Å²) in [6.45, 7) is 3.81. The Morgan fingerprint density at radius 3 is 2.55 bits per heavy atom. The normalized spacial score (nSPS) is 18.1. The van der Waals surface area contributed by atoms with Crippen molar-refractivity contribution >= 4 is 45.4 Å². The smallest absolute Gasteiger partial charge is 0.327 e. The van der Waals surface area contributed by atoms with Crippen LogP contribution in [0.1, 0.15) is 11.1 Å². The third-order valence-electron chi connectivity index (χ3n) is 3.16. The molecular weight excluding hydrogens is 344 g/mol. The van der Waals surface area contributed by atoms with Crippen LogP contribution in [0.25, 0.3) is 0 Å². The molecule has 1 heterocycles. The topological polar surface area (TPSA) is 69.6 Å². The largest absolute Gasteiger partial charge is 0.480 e. The summed E-state index contributed by atoms with van der Waals surface area (Å²) >= 11 is 4.85. The molecule has 1 unspecified atom stereocenters. The van der Waals surface area contributed by atoms with Gasteiger partial charge in [-0.2, -0.15) is 0 Å². The Morgan fingerprint density at radius 2 is 2.00 bits per heavy atom. The molecule has 2 N–H and O–H groups in total. The standard InChI is InChI=1S/C13H15BrN2O3S/c1-7-3-9(14)4-8(2)11(7)15-13(19)16-6-20-5-10(16)12(17)18/h3-4,10H,5-6H2,1-2H3,(H,15,19)(H,17,18). The van der Waals surface area contributed by atoms with Gasteiger partial charge in [-0.15, -0.1) is 11.8 Å². The van der Waals surface area contributed by atoms with Gasteiger partial charge < -0.3 is 15.3 Å². The van der Waals surface area contributed by atoms with Crippen LogP contribution in [0.3, 0.4) is 0 Å². The zero-order valence-corrected chi connectivity index (χ0v) is 13.5. The first-order chi connectivity index (χ1) is 9.40. The molecule has 0 aromatic heterocycles. The molecule has 5 nitrogen and oxygen atoms in total. The van der Waals surface area contributed by atoms with Crippen LogP contribution in [-0.4, -0.2) is 39.7 Å². The Kier molecular flexibility index (Phi) is 4.59. The fourth-order valence-corrected chi connectivity index (χ4v) is 3.97. The molecule has 0 radical (unpaired) electrons. The van der Waals surface area contributed by atoms with Gasteiger partial charge in [0, 0.05) is 15.9 Å². The number of rotatable bonds is 2. The molecule has 1 aromatic carbocycles. The van der Waals surface area contributed by atoms with Crippen molar-refractivity contribution in [1.82, 2.24) is 4.90 Å². The number of aliphatic carboxylic acids is 1. The van der Waals surface area contributed by atoms with Crippen LogP contribution < -0.4 is 5.32 Å². The molecule has 1 atom stereocenters. The number of nitrogens with one attached hydrogen (secondary N) is 1. The lowest BCUT2D eigenvalue weighted by Crippen LogP contribution is -2.44. The Balaban J connectivity index is 2.18.